The molecule has 1 aromatic heterocycles. The highest BCUT2D eigenvalue weighted by molar-refractivity contribution is 5.61. The van der Waals surface area contributed by atoms with Crippen molar-refractivity contribution in [1.29, 1.82) is 0 Å². The fraction of sp³-hybridized carbons (Fsp3) is 0.759. The lowest BCUT2D eigenvalue weighted by Gasteiger charge is -2.21. The molecule has 2 fully saturated rings. The number of unbranched alkanes of at least 4 members (excludes halogenated alkanes) is 1. The Morgan fingerprint density at radius 2 is 1.83 bits per heavy atom. The molecular formula is C29H54N4O3. The Labute approximate surface area is 220 Å². The van der Waals surface area contributed by atoms with Gasteiger partial charge in [-0.05, 0) is 57.1 Å². The summed E-state index contributed by atoms with van der Waals surface area (Å²) in [5, 5.41) is 7.32. The molecule has 2 heterocycles. The minimum absolute atomic E-state index is 0.0301. The number of aldehydes is 2. The van der Waals surface area contributed by atoms with Gasteiger partial charge in [-0.3, -0.25) is 4.90 Å². The van der Waals surface area contributed by atoms with Gasteiger partial charge < -0.3 is 19.4 Å². The van der Waals surface area contributed by atoms with Crippen LogP contribution in [-0.4, -0.2) is 52.9 Å². The average molecular weight is 507 g/mol. The first-order valence-electron chi connectivity index (χ1n) is 14.0. The topological polar surface area (TPSA) is 87.5 Å². The second-order valence-corrected chi connectivity index (χ2v) is 9.71. The first-order chi connectivity index (χ1) is 17.4. The number of imidazole rings is 1. The molecule has 1 aliphatic heterocycles. The molecule has 208 valence electrons. The maximum absolute atomic E-state index is 10.2. The zero-order chi connectivity index (χ0) is 27.6. The Morgan fingerprint density at radius 1 is 1.19 bits per heavy atom. The summed E-state index contributed by atoms with van der Waals surface area (Å²) < 4.78 is 2.50. The van der Waals surface area contributed by atoms with Crippen molar-refractivity contribution in [2.45, 2.75) is 111 Å². The number of hydroxylamine groups is 1. The van der Waals surface area contributed by atoms with Gasteiger partial charge >= 0.3 is 0 Å². The molecule has 2 aliphatic rings. The third kappa shape index (κ3) is 10.7. The van der Waals surface area contributed by atoms with Crippen molar-refractivity contribution < 1.29 is 14.8 Å². The molecule has 0 bridgehead atoms. The van der Waals surface area contributed by atoms with Crippen LogP contribution in [0.1, 0.15) is 116 Å². The fourth-order valence-corrected chi connectivity index (χ4v) is 4.84. The van der Waals surface area contributed by atoms with E-state index in [1.165, 1.54) is 50.8 Å². The molecule has 36 heavy (non-hydrogen) atoms. The minimum atomic E-state index is -0.0301. The van der Waals surface area contributed by atoms with Gasteiger partial charge in [0, 0.05) is 38.2 Å². The molecule has 0 amide bonds. The lowest BCUT2D eigenvalue weighted by atomic mass is 10.0. The predicted molar refractivity (Wildman–Crippen MR) is 150 cm³/mol. The lowest BCUT2D eigenvalue weighted by Crippen LogP contribution is -2.22. The summed E-state index contributed by atoms with van der Waals surface area (Å²) in [6.45, 7) is 16.9. The zero-order valence-corrected chi connectivity index (χ0v) is 24.2. The van der Waals surface area contributed by atoms with Crippen molar-refractivity contribution in [2.24, 2.45) is 11.3 Å². The highest BCUT2D eigenvalue weighted by Gasteiger charge is 2.52. The number of aromatic nitrogens is 2. The standard InChI is InChI=1S/C18H29N3.C8H14O2.C2H6.CH5NO/c1-5-8-15-14(7-3)19-17(21(15)11-6-2)16-12-18(9-10-18)13-20(16)4;1-2-3-4-8(7-10)5-6-9;1-2;1-2-3/h7,16H,3,5-6,8-13H2,1-2,4H3;6-8H,2-5H2,1H3;1-2H3;2-3H,1H3. The van der Waals surface area contributed by atoms with Crippen molar-refractivity contribution in [3.63, 3.8) is 0 Å². The Bertz CT molecular complexity index is 743. The van der Waals surface area contributed by atoms with E-state index >= 15 is 0 Å². The van der Waals surface area contributed by atoms with E-state index in [0.717, 1.165) is 56.9 Å². The summed E-state index contributed by atoms with van der Waals surface area (Å²) in [4.78, 5) is 27.7. The molecule has 7 heteroatoms. The van der Waals surface area contributed by atoms with E-state index in [1.54, 1.807) is 5.48 Å². The van der Waals surface area contributed by atoms with E-state index in [9.17, 15) is 9.59 Å². The largest absolute Gasteiger partial charge is 0.330 e. The molecule has 1 spiro atoms. The number of carbonyl (C=O) groups excluding carboxylic acids is 2. The van der Waals surface area contributed by atoms with Gasteiger partial charge in [-0.25, -0.2) is 10.5 Å². The van der Waals surface area contributed by atoms with Gasteiger partial charge in [0.05, 0.1) is 11.7 Å². The van der Waals surface area contributed by atoms with Crippen LogP contribution in [0.2, 0.25) is 0 Å². The average Bonchev–Trinajstić information content (AvgIpc) is 3.44. The molecule has 3 rings (SSSR count). The number of nitrogens with zero attached hydrogens (tertiary/aromatic N) is 3. The second kappa shape index (κ2) is 19.3. The minimum Gasteiger partial charge on any atom is -0.330 e. The molecule has 0 aromatic carbocycles. The van der Waals surface area contributed by atoms with Gasteiger partial charge in [0.15, 0.2) is 0 Å². The van der Waals surface area contributed by atoms with Crippen LogP contribution in [0.3, 0.4) is 0 Å². The van der Waals surface area contributed by atoms with Gasteiger partial charge in [-0.1, -0.05) is 60.5 Å². The molecule has 1 saturated heterocycles. The van der Waals surface area contributed by atoms with E-state index in [1.807, 2.05) is 19.9 Å². The van der Waals surface area contributed by atoms with Crippen molar-refractivity contribution >= 4 is 18.6 Å². The van der Waals surface area contributed by atoms with Crippen LogP contribution in [0.5, 0.6) is 0 Å². The first kappa shape index (κ1) is 34.2. The van der Waals surface area contributed by atoms with E-state index in [0.29, 0.717) is 17.9 Å². The predicted octanol–water partition coefficient (Wildman–Crippen LogP) is 6.25. The maximum Gasteiger partial charge on any atom is 0.127 e. The van der Waals surface area contributed by atoms with Gasteiger partial charge in [0.25, 0.3) is 0 Å². The molecule has 2 atom stereocenters. The third-order valence-electron chi connectivity index (χ3n) is 6.78. The number of hydrogen-bond acceptors (Lipinski definition) is 6. The van der Waals surface area contributed by atoms with E-state index in [2.05, 4.69) is 43.9 Å². The lowest BCUT2D eigenvalue weighted by molar-refractivity contribution is -0.115. The van der Waals surface area contributed by atoms with Crippen LogP contribution in [0.4, 0.5) is 0 Å². The molecular weight excluding hydrogens is 452 g/mol. The quantitative estimate of drug-likeness (QED) is 0.257. The molecule has 1 saturated carbocycles. The van der Waals surface area contributed by atoms with Crippen molar-refractivity contribution in [2.75, 3.05) is 20.6 Å². The first-order valence-corrected chi connectivity index (χ1v) is 14.0. The van der Waals surface area contributed by atoms with E-state index < -0.39 is 0 Å². The summed E-state index contributed by atoms with van der Waals surface area (Å²) in [6.07, 6.45) is 14.6. The molecule has 1 aliphatic carbocycles. The van der Waals surface area contributed by atoms with Crippen molar-refractivity contribution in [3.8, 4) is 0 Å². The normalized spacial score (nSPS) is 18.1. The summed E-state index contributed by atoms with van der Waals surface area (Å²) in [6, 6.07) is 0.503. The summed E-state index contributed by atoms with van der Waals surface area (Å²) in [5.74, 6) is 1.26. The molecule has 2 unspecified atom stereocenters. The summed E-state index contributed by atoms with van der Waals surface area (Å²) in [5.41, 5.74) is 4.89. The summed E-state index contributed by atoms with van der Waals surface area (Å²) >= 11 is 0. The second-order valence-electron chi connectivity index (χ2n) is 9.71. The van der Waals surface area contributed by atoms with Crippen LogP contribution in [0.25, 0.3) is 6.08 Å². The van der Waals surface area contributed by atoms with E-state index in [-0.39, 0.29) is 5.92 Å². The Hall–Kier alpha value is -1.83. The smallest absolute Gasteiger partial charge is 0.127 e. The number of nitrogens with one attached hydrogen (secondary N) is 1. The maximum atomic E-state index is 10.2. The van der Waals surface area contributed by atoms with Crippen molar-refractivity contribution in [1.82, 2.24) is 19.9 Å². The van der Waals surface area contributed by atoms with Crippen LogP contribution < -0.4 is 5.48 Å². The Kier molecular flexibility index (Phi) is 18.3. The highest BCUT2D eigenvalue weighted by atomic mass is 16.5. The molecule has 2 N–H and O–H groups in total. The number of rotatable bonds is 12. The monoisotopic (exact) mass is 506 g/mol. The van der Waals surface area contributed by atoms with Gasteiger partial charge in [0.2, 0.25) is 0 Å². The van der Waals surface area contributed by atoms with Gasteiger partial charge in [-0.2, -0.15) is 0 Å². The number of hydrogen-bond donors (Lipinski definition) is 2. The van der Waals surface area contributed by atoms with Crippen LogP contribution >= 0.6 is 0 Å². The third-order valence-corrected chi connectivity index (χ3v) is 6.78. The number of likely N-dealkylation sites (tertiary alicyclic amines) is 1. The van der Waals surface area contributed by atoms with Gasteiger partial charge in [-0.15, -0.1) is 0 Å². The van der Waals surface area contributed by atoms with Gasteiger partial charge in [0.1, 0.15) is 18.4 Å². The Morgan fingerprint density at radius 3 is 2.25 bits per heavy atom. The molecule has 0 radical (unpaired) electrons. The highest BCUT2D eigenvalue weighted by Crippen LogP contribution is 2.57. The van der Waals surface area contributed by atoms with E-state index in [4.69, 9.17) is 10.2 Å². The van der Waals surface area contributed by atoms with Crippen LogP contribution in [0.15, 0.2) is 6.58 Å². The fourth-order valence-electron chi connectivity index (χ4n) is 4.84. The van der Waals surface area contributed by atoms with Crippen LogP contribution in [-0.2, 0) is 22.6 Å². The SMILES string of the molecule is C=Cc1nc(C2CC3(CC3)CN2C)n(CCC)c1CCC.CC.CCCCC(C=O)CC=O.CNO. The Balaban J connectivity index is 0.000000689. The van der Waals surface area contributed by atoms with Crippen LogP contribution in [0, 0.1) is 11.3 Å². The summed E-state index contributed by atoms with van der Waals surface area (Å²) in [7, 11) is 3.70. The number of carbonyl (C=O) groups is 2. The zero-order valence-electron chi connectivity index (χ0n) is 24.2. The van der Waals surface area contributed by atoms with Crippen molar-refractivity contribution in [3.05, 3.63) is 23.8 Å². The molecule has 7 nitrogen and oxygen atoms in total. The molecule has 1 aromatic rings.